The molecule has 4 aliphatic rings. The van der Waals surface area contributed by atoms with E-state index in [4.69, 9.17) is 82.6 Å². The molecule has 0 saturated carbocycles. The Kier molecular flexibility index (Phi) is 58.9. The van der Waals surface area contributed by atoms with Gasteiger partial charge < -0.3 is 124 Å². The summed E-state index contributed by atoms with van der Waals surface area (Å²) in [4.78, 5) is 69.4. The zero-order valence-corrected chi connectivity index (χ0v) is 81.3. The average Bonchev–Trinajstić information content (AvgIpc) is 0.926. The molecule has 750 valence electrons. The number of hydrogen-bond acceptors (Lipinski definition) is 28. The number of amides is 4. The summed E-state index contributed by atoms with van der Waals surface area (Å²) in [7, 11) is 0. The highest BCUT2D eigenvalue weighted by molar-refractivity contribution is 6.04. The van der Waals surface area contributed by atoms with Crippen molar-refractivity contribution in [2.45, 2.75) is 208 Å². The van der Waals surface area contributed by atoms with E-state index in [9.17, 15) is 54.6 Å². The molecule has 0 spiro atoms. The number of allylic oxidation sites excluding steroid dienone is 9. The van der Waals surface area contributed by atoms with Crippen LogP contribution in [0.3, 0.4) is 0 Å². The number of nitrogens with one attached hydrogen (secondary N) is 2. The minimum Gasteiger partial charge on any atom is -0.507 e. The fourth-order valence-electron chi connectivity index (χ4n) is 16.3. The molecule has 0 aromatic heterocycles. The van der Waals surface area contributed by atoms with Crippen LogP contribution >= 0.6 is 0 Å². The van der Waals surface area contributed by atoms with E-state index in [2.05, 4.69) is 70.2 Å². The summed E-state index contributed by atoms with van der Waals surface area (Å²) in [5, 5.41) is 74.2. The van der Waals surface area contributed by atoms with Crippen molar-refractivity contribution in [2.75, 3.05) is 211 Å². The first-order valence-electron chi connectivity index (χ1n) is 48.1. The quantitative estimate of drug-likeness (QED) is 0.0142. The van der Waals surface area contributed by atoms with Crippen molar-refractivity contribution < 1.29 is 126 Å². The van der Waals surface area contributed by atoms with Gasteiger partial charge in [-0.3, -0.25) is 19.2 Å². The van der Waals surface area contributed by atoms with Crippen LogP contribution in [0.15, 0.2) is 89.6 Å². The second kappa shape index (κ2) is 67.9. The van der Waals surface area contributed by atoms with Gasteiger partial charge in [-0.05, 0) is 171 Å². The van der Waals surface area contributed by atoms with Crippen molar-refractivity contribution >= 4 is 29.6 Å². The molecule has 3 aromatic rings. The predicted octanol–water partition coefficient (Wildman–Crippen LogP) is 14.4. The molecule has 0 bridgehead atoms. The van der Waals surface area contributed by atoms with Crippen LogP contribution in [0, 0.1) is 17.8 Å². The van der Waals surface area contributed by atoms with Crippen LogP contribution < -0.4 is 22.1 Å². The van der Waals surface area contributed by atoms with Crippen LogP contribution in [-0.2, 0) is 100 Å². The Bertz CT molecular complexity index is 3890. The van der Waals surface area contributed by atoms with Crippen LogP contribution in [0.5, 0.6) is 34.5 Å². The summed E-state index contributed by atoms with van der Waals surface area (Å²) >= 11 is 0. The number of aryl methyl sites for hydroxylation is 3. The number of nitrogens with two attached hydrogens (primary N) is 2. The Balaban J connectivity index is 0.000000438. The summed E-state index contributed by atoms with van der Waals surface area (Å²) in [6.45, 7) is 45.3. The van der Waals surface area contributed by atoms with E-state index < -0.39 is 29.6 Å². The van der Waals surface area contributed by atoms with Crippen LogP contribution in [0.1, 0.15) is 254 Å². The molecule has 1 heterocycles. The van der Waals surface area contributed by atoms with Crippen LogP contribution in [0.2, 0.25) is 0 Å². The van der Waals surface area contributed by atoms with E-state index in [1.807, 2.05) is 40.7 Å². The Labute approximate surface area is 790 Å². The zero-order valence-electron chi connectivity index (χ0n) is 81.3. The van der Waals surface area contributed by atoms with Gasteiger partial charge in [0.15, 0.2) is 0 Å². The number of hydrogen-bond donors (Lipinski definition) is 10. The lowest BCUT2D eigenvalue weighted by molar-refractivity contribution is -0.172. The van der Waals surface area contributed by atoms with Crippen molar-refractivity contribution in [1.29, 1.82) is 0 Å². The molecular formula is C102H161N5O26. The van der Waals surface area contributed by atoms with Crippen molar-refractivity contribution in [1.82, 2.24) is 15.7 Å². The molecule has 3 aliphatic carbocycles. The average molecular weight is 1870 g/mol. The SMILES string of the molecule is C=C(C)[C@@H]1CCC(C)=CC1c1c(O)cc(CCCCC)c(C(=O)NCCOCCOCCOCCOCCOCCOCCOCCNC(=O)c2c(CCCCC)cc(O)c(C3C=C(C)CC[C@H]3C(=C)C)c2O)c1O.C=C(C)[C@@H]1CCC(C)=CC1c1c(O)cc(CCCCC)c(C(=O)ON2C(=O)CCC2=O)c1O.NCCOCCOCCOCCOCCOCCOCCOCCN. The molecule has 4 amide bonds. The minimum atomic E-state index is -0.979. The Hall–Kier alpha value is -8.19. The van der Waals surface area contributed by atoms with Gasteiger partial charge in [-0.25, -0.2) is 4.79 Å². The fraction of sp³-hybridized carbons (Fsp3) is 0.657. The lowest BCUT2D eigenvalue weighted by Gasteiger charge is -2.32. The van der Waals surface area contributed by atoms with Crippen molar-refractivity contribution in [3.05, 3.63) is 140 Å². The topological polar surface area (TPSA) is 425 Å². The standard InChI is InChI=1S/C60H92N2O13.C26H33NO6.C16H36N2O7/c1-9-11-13-15-45-39-51(63)55(49-37-43(7)17-19-47(49)41(3)4)57(65)53(45)59(67)61-21-23-69-25-27-71-29-31-73-33-35-75-36-34-74-32-30-72-28-26-70-24-22-62-60(68)54-46(16-14-12-10-2)40-52(64)56(58(54)66)50-38-44(8)18-20-48(50)42(5)6;1-5-6-7-8-17-14-20(28)24(19-13-16(4)9-10-18(19)15(2)3)25(31)23(17)26(32)33-27-21(29)11-12-22(27)30;17-1-3-19-5-7-21-9-11-23-13-15-25-16-14-24-12-10-22-8-6-20-4-2-18/h37-40,47-50,63-66H,3,5,9-36H2,1-2,4,6-8H3,(H,61,67)(H,62,68);13-14,18-19,28,31H,2,5-12H2,1,3-4H3;1-18H2/t47-,48-,49?,50?;18-,19?;/m00./s1. The molecule has 31 heteroatoms. The summed E-state index contributed by atoms with van der Waals surface area (Å²) in [5.74, 6) is -4.50. The summed E-state index contributed by atoms with van der Waals surface area (Å²) < 4.78 is 76.4. The van der Waals surface area contributed by atoms with Crippen molar-refractivity contribution in [3.8, 4) is 34.5 Å². The predicted molar refractivity (Wildman–Crippen MR) is 512 cm³/mol. The monoisotopic (exact) mass is 1870 g/mol. The highest BCUT2D eigenvalue weighted by Gasteiger charge is 2.40. The summed E-state index contributed by atoms with van der Waals surface area (Å²) in [6.07, 6.45) is 21.3. The molecule has 1 fully saturated rings. The number of nitrogens with zero attached hydrogens (tertiary/aromatic N) is 1. The molecule has 3 unspecified atom stereocenters. The van der Waals surface area contributed by atoms with Gasteiger partial charge in [-0.2, -0.15) is 0 Å². The van der Waals surface area contributed by atoms with Gasteiger partial charge in [-0.1, -0.05) is 131 Å². The number of hydroxylamine groups is 2. The molecule has 6 atom stereocenters. The third-order valence-electron chi connectivity index (χ3n) is 23.4. The van der Waals surface area contributed by atoms with Gasteiger partial charge in [0.25, 0.3) is 23.6 Å². The van der Waals surface area contributed by atoms with Crippen LogP contribution in [0.25, 0.3) is 0 Å². The number of rotatable bonds is 68. The number of ether oxygens (including phenoxy) is 14. The normalized spacial score (nSPS) is 17.2. The number of imide groups is 1. The lowest BCUT2D eigenvalue weighted by Crippen LogP contribution is -2.32. The first-order chi connectivity index (χ1) is 64.3. The number of carbonyl (C=O) groups excluding carboxylic acids is 5. The first-order valence-corrected chi connectivity index (χ1v) is 48.1. The number of aromatic hydroxyl groups is 6. The van der Waals surface area contributed by atoms with Crippen molar-refractivity contribution in [3.63, 3.8) is 0 Å². The van der Waals surface area contributed by atoms with E-state index in [0.717, 1.165) is 119 Å². The van der Waals surface area contributed by atoms with Gasteiger partial charge in [0.05, 0.1) is 196 Å². The Morgan fingerprint density at radius 3 is 0.835 bits per heavy atom. The van der Waals surface area contributed by atoms with Gasteiger partial charge in [0, 0.05) is 73.5 Å². The number of phenols is 6. The van der Waals surface area contributed by atoms with Crippen molar-refractivity contribution in [2.24, 2.45) is 29.2 Å². The van der Waals surface area contributed by atoms with Gasteiger partial charge in [-0.15, -0.1) is 5.06 Å². The second-order valence-corrected chi connectivity index (χ2v) is 34.2. The van der Waals surface area contributed by atoms with Crippen LogP contribution in [0.4, 0.5) is 0 Å². The fourth-order valence-corrected chi connectivity index (χ4v) is 16.3. The molecule has 1 saturated heterocycles. The van der Waals surface area contributed by atoms with E-state index in [0.29, 0.717) is 237 Å². The number of phenolic OH excluding ortho intramolecular Hbond substituents is 6. The molecule has 1 aliphatic heterocycles. The maximum atomic E-state index is 13.6. The maximum Gasteiger partial charge on any atom is 0.367 e. The van der Waals surface area contributed by atoms with Gasteiger partial charge >= 0.3 is 5.97 Å². The first kappa shape index (κ1) is 115. The third-order valence-corrected chi connectivity index (χ3v) is 23.4. The smallest absolute Gasteiger partial charge is 0.367 e. The molecule has 133 heavy (non-hydrogen) atoms. The van der Waals surface area contributed by atoms with E-state index in [1.54, 1.807) is 12.1 Å². The maximum absolute atomic E-state index is 13.6. The minimum absolute atomic E-state index is 0.0120. The van der Waals surface area contributed by atoms with Gasteiger partial charge in [0.2, 0.25) is 0 Å². The third kappa shape index (κ3) is 42.1. The summed E-state index contributed by atoms with van der Waals surface area (Å²) in [5.41, 5.74) is 20.0. The van der Waals surface area contributed by atoms with E-state index >= 15 is 0 Å². The molecule has 0 radical (unpaired) electrons. The van der Waals surface area contributed by atoms with E-state index in [-0.39, 0.29) is 131 Å². The molecule has 7 rings (SSSR count). The number of carbonyl (C=O) groups is 5. The zero-order chi connectivity index (χ0) is 97.1. The number of benzene rings is 3. The highest BCUT2D eigenvalue weighted by atomic mass is 16.7. The number of unbranched alkanes of at least 4 members (excludes halogenated alkanes) is 6. The molecule has 3 aromatic carbocycles. The van der Waals surface area contributed by atoms with E-state index in [1.165, 1.54) is 17.2 Å². The Morgan fingerprint density at radius 1 is 0.361 bits per heavy atom. The second-order valence-electron chi connectivity index (χ2n) is 34.2. The molecular weight excluding hydrogens is 1710 g/mol. The van der Waals surface area contributed by atoms with Gasteiger partial charge in [0.1, 0.15) is 40.1 Å². The largest absolute Gasteiger partial charge is 0.507 e. The Morgan fingerprint density at radius 2 is 0.594 bits per heavy atom. The molecule has 12 N–H and O–H groups in total. The summed E-state index contributed by atoms with van der Waals surface area (Å²) in [6, 6.07) is 4.82. The van der Waals surface area contributed by atoms with Crippen LogP contribution in [-0.4, -0.2) is 276 Å². The molecule has 31 nitrogen and oxygen atoms in total. The highest BCUT2D eigenvalue weighted by Crippen LogP contribution is 2.52. The lowest BCUT2D eigenvalue weighted by atomic mass is 9.73.